The first-order valence-corrected chi connectivity index (χ1v) is 6.23. The molecular weight excluding hydrogens is 229 g/mol. The van der Waals surface area contributed by atoms with Crippen molar-refractivity contribution >= 4 is 5.78 Å². The lowest BCUT2D eigenvalue weighted by atomic mass is 9.67. The van der Waals surface area contributed by atoms with Gasteiger partial charge in [-0.15, -0.1) is 0 Å². The van der Waals surface area contributed by atoms with Crippen LogP contribution in [-0.2, 0) is 4.79 Å². The maximum absolute atomic E-state index is 12.4. The van der Waals surface area contributed by atoms with Crippen molar-refractivity contribution in [1.82, 2.24) is 0 Å². The molecule has 0 fully saturated rings. The Bertz CT molecular complexity index is 242. The van der Waals surface area contributed by atoms with E-state index in [1.807, 2.05) is 13.8 Å². The van der Waals surface area contributed by atoms with Crippen LogP contribution in [0.4, 0.5) is 13.2 Å². The molecule has 0 aromatic rings. The Morgan fingerprint density at radius 3 is 1.94 bits per heavy atom. The second-order valence-corrected chi connectivity index (χ2v) is 4.99. The minimum absolute atomic E-state index is 0.0514. The summed E-state index contributed by atoms with van der Waals surface area (Å²) in [7, 11) is 0. The number of halogens is 3. The zero-order valence-electron chi connectivity index (χ0n) is 11.2. The molecule has 0 saturated heterocycles. The van der Waals surface area contributed by atoms with Crippen molar-refractivity contribution in [3.8, 4) is 0 Å². The predicted molar refractivity (Wildman–Crippen MR) is 62.8 cm³/mol. The van der Waals surface area contributed by atoms with Gasteiger partial charge < -0.3 is 4.79 Å². The highest BCUT2D eigenvalue weighted by atomic mass is 19.4. The van der Waals surface area contributed by atoms with Gasteiger partial charge in [-0.05, 0) is 24.7 Å². The highest BCUT2D eigenvalue weighted by molar-refractivity contribution is 5.75. The SMILES string of the molecule is CCC(CC)(CCC(C)=O)C(C)CC(F)(F)F. The van der Waals surface area contributed by atoms with Crippen LogP contribution in [0.15, 0.2) is 0 Å². The highest BCUT2D eigenvalue weighted by Gasteiger charge is 2.40. The Labute approximate surface area is 102 Å². The number of hydrogen-bond acceptors (Lipinski definition) is 1. The van der Waals surface area contributed by atoms with E-state index in [9.17, 15) is 18.0 Å². The molecule has 0 aliphatic rings. The zero-order valence-corrected chi connectivity index (χ0v) is 11.2. The first-order chi connectivity index (χ1) is 7.67. The molecule has 0 aliphatic heterocycles. The molecular formula is C13H23F3O. The number of carbonyl (C=O) groups excluding carboxylic acids is 1. The van der Waals surface area contributed by atoms with Crippen molar-refractivity contribution in [3.63, 3.8) is 0 Å². The number of ketones is 1. The summed E-state index contributed by atoms with van der Waals surface area (Å²) in [5, 5.41) is 0. The maximum Gasteiger partial charge on any atom is 0.389 e. The summed E-state index contributed by atoms with van der Waals surface area (Å²) in [6.45, 7) is 6.97. The summed E-state index contributed by atoms with van der Waals surface area (Å²) in [6.07, 6.45) is -2.56. The first kappa shape index (κ1) is 16.5. The van der Waals surface area contributed by atoms with E-state index in [0.29, 0.717) is 25.7 Å². The summed E-state index contributed by atoms with van der Waals surface area (Å²) < 4.78 is 37.3. The summed E-state index contributed by atoms with van der Waals surface area (Å²) in [4.78, 5) is 11.0. The molecule has 0 aromatic heterocycles. The standard InChI is InChI=1S/C13H23F3O/c1-5-12(6-2,8-7-11(4)17)10(3)9-13(14,15)16/h10H,5-9H2,1-4H3. The number of carbonyl (C=O) groups is 1. The number of rotatable bonds is 7. The van der Waals surface area contributed by atoms with E-state index < -0.39 is 18.5 Å². The fraction of sp³-hybridized carbons (Fsp3) is 0.923. The summed E-state index contributed by atoms with van der Waals surface area (Å²) in [5.74, 6) is -0.382. The second-order valence-electron chi connectivity index (χ2n) is 4.99. The normalized spacial score (nSPS) is 14.8. The van der Waals surface area contributed by atoms with E-state index in [1.165, 1.54) is 6.92 Å². The van der Waals surface area contributed by atoms with Crippen LogP contribution in [0.2, 0.25) is 0 Å². The molecule has 1 atom stereocenters. The molecule has 0 N–H and O–H groups in total. The summed E-state index contributed by atoms with van der Waals surface area (Å²) >= 11 is 0. The molecule has 1 nitrogen and oxygen atoms in total. The fourth-order valence-corrected chi connectivity index (χ4v) is 2.54. The molecule has 0 aromatic carbocycles. The number of alkyl halides is 3. The van der Waals surface area contributed by atoms with Gasteiger partial charge in [-0.25, -0.2) is 0 Å². The Balaban J connectivity index is 4.73. The van der Waals surface area contributed by atoms with Gasteiger partial charge >= 0.3 is 6.18 Å². The number of Topliss-reactive ketones (excluding diaryl/α,β-unsaturated/α-hetero) is 1. The molecule has 102 valence electrons. The van der Waals surface area contributed by atoms with Crippen molar-refractivity contribution in [1.29, 1.82) is 0 Å². The Morgan fingerprint density at radius 1 is 1.18 bits per heavy atom. The van der Waals surface area contributed by atoms with E-state index >= 15 is 0 Å². The Hall–Kier alpha value is -0.540. The average Bonchev–Trinajstić information content (AvgIpc) is 2.17. The average molecular weight is 252 g/mol. The lowest BCUT2D eigenvalue weighted by Crippen LogP contribution is -2.31. The van der Waals surface area contributed by atoms with Gasteiger partial charge in [0.1, 0.15) is 5.78 Å². The first-order valence-electron chi connectivity index (χ1n) is 6.23. The number of hydrogen-bond donors (Lipinski definition) is 0. The highest BCUT2D eigenvalue weighted by Crippen LogP contribution is 2.44. The van der Waals surface area contributed by atoms with E-state index in [1.54, 1.807) is 6.92 Å². The third-order valence-electron chi connectivity index (χ3n) is 3.97. The van der Waals surface area contributed by atoms with E-state index in [0.717, 1.165) is 0 Å². The van der Waals surface area contributed by atoms with Gasteiger partial charge in [0.15, 0.2) is 0 Å². The topological polar surface area (TPSA) is 17.1 Å². The van der Waals surface area contributed by atoms with Crippen LogP contribution in [-0.4, -0.2) is 12.0 Å². The van der Waals surface area contributed by atoms with Crippen LogP contribution >= 0.6 is 0 Å². The minimum atomic E-state index is -4.12. The molecule has 0 spiro atoms. The van der Waals surface area contributed by atoms with Gasteiger partial charge in [0, 0.05) is 12.8 Å². The van der Waals surface area contributed by atoms with Gasteiger partial charge in [0.25, 0.3) is 0 Å². The maximum atomic E-state index is 12.4. The predicted octanol–water partition coefficient (Wildman–Crippen LogP) is 4.75. The van der Waals surface area contributed by atoms with Crippen LogP contribution in [0.1, 0.15) is 59.8 Å². The minimum Gasteiger partial charge on any atom is -0.300 e. The van der Waals surface area contributed by atoms with Crippen molar-refractivity contribution in [2.45, 2.75) is 66.0 Å². The Kier molecular flexibility index (Phi) is 6.20. The molecule has 0 bridgehead atoms. The molecule has 0 amide bonds. The molecule has 0 rings (SSSR count). The third kappa shape index (κ3) is 5.55. The lowest BCUT2D eigenvalue weighted by molar-refractivity contribution is -0.154. The molecule has 4 heteroatoms. The molecule has 1 unspecified atom stereocenters. The summed E-state index contributed by atoms with van der Waals surface area (Å²) in [5.41, 5.74) is -0.360. The van der Waals surface area contributed by atoms with Crippen molar-refractivity contribution in [3.05, 3.63) is 0 Å². The fourth-order valence-electron chi connectivity index (χ4n) is 2.54. The molecule has 17 heavy (non-hydrogen) atoms. The van der Waals surface area contributed by atoms with Crippen LogP contribution in [0.5, 0.6) is 0 Å². The van der Waals surface area contributed by atoms with Gasteiger partial charge in [-0.3, -0.25) is 0 Å². The molecule has 0 heterocycles. The molecule has 0 aliphatic carbocycles. The monoisotopic (exact) mass is 252 g/mol. The Morgan fingerprint density at radius 2 is 1.65 bits per heavy atom. The smallest absolute Gasteiger partial charge is 0.300 e. The van der Waals surface area contributed by atoms with Crippen LogP contribution in [0, 0.1) is 11.3 Å². The van der Waals surface area contributed by atoms with Gasteiger partial charge in [0.2, 0.25) is 0 Å². The van der Waals surface area contributed by atoms with E-state index in [2.05, 4.69) is 0 Å². The second kappa shape index (κ2) is 6.41. The van der Waals surface area contributed by atoms with Crippen molar-refractivity contribution in [2.24, 2.45) is 11.3 Å². The largest absolute Gasteiger partial charge is 0.389 e. The summed E-state index contributed by atoms with van der Waals surface area (Å²) in [6, 6.07) is 0. The van der Waals surface area contributed by atoms with E-state index in [4.69, 9.17) is 0 Å². The zero-order chi connectivity index (χ0) is 13.7. The molecule has 0 saturated carbocycles. The van der Waals surface area contributed by atoms with E-state index in [-0.39, 0.29) is 11.2 Å². The van der Waals surface area contributed by atoms with Gasteiger partial charge in [-0.2, -0.15) is 13.2 Å². The molecule has 0 radical (unpaired) electrons. The van der Waals surface area contributed by atoms with Crippen LogP contribution < -0.4 is 0 Å². The third-order valence-corrected chi connectivity index (χ3v) is 3.97. The van der Waals surface area contributed by atoms with Gasteiger partial charge in [-0.1, -0.05) is 33.6 Å². The van der Waals surface area contributed by atoms with Crippen molar-refractivity contribution < 1.29 is 18.0 Å². The van der Waals surface area contributed by atoms with Gasteiger partial charge in [0.05, 0.1) is 0 Å². The quantitative estimate of drug-likeness (QED) is 0.639. The van der Waals surface area contributed by atoms with Crippen LogP contribution in [0.3, 0.4) is 0 Å². The lowest BCUT2D eigenvalue weighted by Gasteiger charge is -2.38. The van der Waals surface area contributed by atoms with Crippen molar-refractivity contribution in [2.75, 3.05) is 0 Å². The van der Waals surface area contributed by atoms with Crippen LogP contribution in [0.25, 0.3) is 0 Å².